The van der Waals surface area contributed by atoms with Crippen molar-refractivity contribution in [2.24, 2.45) is 0 Å². The van der Waals surface area contributed by atoms with Crippen LogP contribution >= 0.6 is 0 Å². The van der Waals surface area contributed by atoms with Gasteiger partial charge in [0, 0.05) is 12.1 Å². The second-order valence-electron chi connectivity index (χ2n) is 4.72. The van der Waals surface area contributed by atoms with Gasteiger partial charge in [-0.1, -0.05) is 42.5 Å². The molecule has 0 bridgehead atoms. The molecule has 1 atom stereocenters. The molecule has 0 fully saturated rings. The normalized spacial score (nSPS) is 12.1. The zero-order chi connectivity index (χ0) is 15.1. The maximum Gasteiger partial charge on any atom is 0.162 e. The number of phenols is 1. The maximum atomic E-state index is 10.1. The number of aromatic hydroxyl groups is 1. The van der Waals surface area contributed by atoms with Crippen LogP contribution in [0.4, 0.5) is 0 Å². The molecule has 0 aliphatic carbocycles. The predicted octanol–water partition coefficient (Wildman–Crippen LogP) is 2.61. The fraction of sp³-hybridized carbons (Fsp3) is 0.294. The Kier molecular flexibility index (Phi) is 5.60. The Morgan fingerprint density at radius 3 is 2.52 bits per heavy atom. The van der Waals surface area contributed by atoms with Gasteiger partial charge in [-0.05, 0) is 18.6 Å². The number of ether oxygens (including phenoxy) is 1. The van der Waals surface area contributed by atoms with Crippen molar-refractivity contribution in [2.75, 3.05) is 13.2 Å². The van der Waals surface area contributed by atoms with Crippen molar-refractivity contribution in [3.8, 4) is 11.5 Å². The van der Waals surface area contributed by atoms with Crippen molar-refractivity contribution >= 4 is 0 Å². The van der Waals surface area contributed by atoms with Crippen LogP contribution in [0.25, 0.3) is 0 Å². The van der Waals surface area contributed by atoms with E-state index in [0.717, 1.165) is 11.1 Å². The van der Waals surface area contributed by atoms with Crippen LogP contribution in [0.1, 0.15) is 24.1 Å². The zero-order valence-electron chi connectivity index (χ0n) is 12.1. The number of hydrogen-bond acceptors (Lipinski definition) is 4. The van der Waals surface area contributed by atoms with Crippen LogP contribution in [0.5, 0.6) is 11.5 Å². The van der Waals surface area contributed by atoms with Crippen molar-refractivity contribution in [1.29, 1.82) is 0 Å². The third kappa shape index (κ3) is 3.97. The van der Waals surface area contributed by atoms with E-state index in [1.165, 1.54) is 0 Å². The smallest absolute Gasteiger partial charge is 0.162 e. The fourth-order valence-corrected chi connectivity index (χ4v) is 2.19. The molecular formula is C17H21NO3. The average Bonchev–Trinajstić information content (AvgIpc) is 2.52. The summed E-state index contributed by atoms with van der Waals surface area (Å²) in [6, 6.07) is 15.0. The van der Waals surface area contributed by atoms with Gasteiger partial charge in [-0.3, -0.25) is 0 Å². The monoisotopic (exact) mass is 287 g/mol. The largest absolute Gasteiger partial charge is 0.504 e. The van der Waals surface area contributed by atoms with E-state index < -0.39 is 0 Å². The minimum Gasteiger partial charge on any atom is -0.504 e. The predicted molar refractivity (Wildman–Crippen MR) is 82.4 cm³/mol. The van der Waals surface area contributed by atoms with E-state index in [2.05, 4.69) is 5.32 Å². The summed E-state index contributed by atoms with van der Waals surface area (Å²) >= 11 is 0. The molecular weight excluding hydrogens is 266 g/mol. The third-order valence-electron chi connectivity index (χ3n) is 3.31. The number of nitrogens with one attached hydrogen (secondary N) is 1. The van der Waals surface area contributed by atoms with Gasteiger partial charge in [-0.2, -0.15) is 0 Å². The highest BCUT2D eigenvalue weighted by molar-refractivity contribution is 5.45. The van der Waals surface area contributed by atoms with Gasteiger partial charge in [0.1, 0.15) is 0 Å². The lowest BCUT2D eigenvalue weighted by Crippen LogP contribution is -2.24. The summed E-state index contributed by atoms with van der Waals surface area (Å²) < 4.78 is 5.37. The lowest BCUT2D eigenvalue weighted by molar-refractivity contribution is 0.243. The first-order chi connectivity index (χ1) is 10.3. The first-order valence-corrected chi connectivity index (χ1v) is 7.09. The molecule has 0 radical (unpaired) electrons. The number of aliphatic hydroxyl groups is 1. The summed E-state index contributed by atoms with van der Waals surface area (Å²) in [5, 5.41) is 22.9. The summed E-state index contributed by atoms with van der Waals surface area (Å²) in [5.41, 5.74) is 1.76. The fourth-order valence-electron chi connectivity index (χ4n) is 2.19. The molecule has 2 aromatic rings. The van der Waals surface area contributed by atoms with Gasteiger partial charge in [0.05, 0.1) is 19.3 Å². The Hall–Kier alpha value is -2.04. The van der Waals surface area contributed by atoms with Gasteiger partial charge in [-0.15, -0.1) is 0 Å². The Bertz CT molecular complexity index is 557. The highest BCUT2D eigenvalue weighted by Crippen LogP contribution is 2.30. The minimum absolute atomic E-state index is 0.00404. The molecule has 2 aromatic carbocycles. The molecule has 0 aliphatic rings. The molecule has 0 amide bonds. The van der Waals surface area contributed by atoms with Gasteiger partial charge in [0.2, 0.25) is 0 Å². The minimum atomic E-state index is -0.165. The molecule has 2 rings (SSSR count). The van der Waals surface area contributed by atoms with Crippen LogP contribution in [-0.4, -0.2) is 23.4 Å². The van der Waals surface area contributed by atoms with Crippen LogP contribution in [0.3, 0.4) is 0 Å². The molecule has 4 heteroatoms. The van der Waals surface area contributed by atoms with E-state index >= 15 is 0 Å². The van der Waals surface area contributed by atoms with Crippen LogP contribution in [0.2, 0.25) is 0 Å². The maximum absolute atomic E-state index is 10.1. The molecule has 0 spiro atoms. The molecule has 21 heavy (non-hydrogen) atoms. The van der Waals surface area contributed by atoms with Crippen LogP contribution in [-0.2, 0) is 6.54 Å². The van der Waals surface area contributed by atoms with Crippen molar-refractivity contribution in [3.63, 3.8) is 0 Å². The lowest BCUT2D eigenvalue weighted by atomic mass is 10.1. The van der Waals surface area contributed by atoms with Crippen molar-refractivity contribution < 1.29 is 14.9 Å². The number of rotatable bonds is 7. The molecule has 0 aliphatic heterocycles. The molecule has 4 nitrogen and oxygen atoms in total. The molecule has 0 heterocycles. The number of benzene rings is 2. The first kappa shape index (κ1) is 15.4. The number of para-hydroxylation sites is 1. The molecule has 112 valence electrons. The van der Waals surface area contributed by atoms with Gasteiger partial charge >= 0.3 is 0 Å². The van der Waals surface area contributed by atoms with Crippen molar-refractivity contribution in [3.05, 3.63) is 59.7 Å². The van der Waals surface area contributed by atoms with Crippen LogP contribution < -0.4 is 10.1 Å². The standard InChI is InChI=1S/C17H21NO3/c1-2-21-16-10-6-9-14(17(16)20)11-18-15(12-19)13-7-4-3-5-8-13/h3-10,15,18-20H,2,11-12H2,1H3. The Labute approximate surface area is 125 Å². The van der Waals surface area contributed by atoms with E-state index in [-0.39, 0.29) is 18.4 Å². The number of hydrogen-bond donors (Lipinski definition) is 3. The Morgan fingerprint density at radius 1 is 1.10 bits per heavy atom. The van der Waals surface area contributed by atoms with Crippen LogP contribution in [0, 0.1) is 0 Å². The zero-order valence-corrected chi connectivity index (χ0v) is 12.1. The summed E-state index contributed by atoms with van der Waals surface area (Å²) in [6.07, 6.45) is 0. The van der Waals surface area contributed by atoms with Gasteiger partial charge in [0.25, 0.3) is 0 Å². The van der Waals surface area contributed by atoms with Gasteiger partial charge in [0.15, 0.2) is 11.5 Å². The summed E-state index contributed by atoms with van der Waals surface area (Å²) in [4.78, 5) is 0. The van der Waals surface area contributed by atoms with Gasteiger partial charge < -0.3 is 20.3 Å². The topological polar surface area (TPSA) is 61.7 Å². The summed E-state index contributed by atoms with van der Waals surface area (Å²) in [6.45, 7) is 2.83. The second kappa shape index (κ2) is 7.67. The Balaban J connectivity index is 2.06. The molecule has 0 saturated carbocycles. The summed E-state index contributed by atoms with van der Waals surface area (Å²) in [5.74, 6) is 0.633. The van der Waals surface area contributed by atoms with E-state index in [1.807, 2.05) is 49.4 Å². The summed E-state index contributed by atoms with van der Waals surface area (Å²) in [7, 11) is 0. The van der Waals surface area contributed by atoms with E-state index in [1.54, 1.807) is 6.07 Å². The second-order valence-corrected chi connectivity index (χ2v) is 4.72. The Morgan fingerprint density at radius 2 is 1.86 bits per heavy atom. The number of phenolic OH excluding ortho intramolecular Hbond substituents is 1. The van der Waals surface area contributed by atoms with Crippen molar-refractivity contribution in [2.45, 2.75) is 19.5 Å². The van der Waals surface area contributed by atoms with E-state index in [9.17, 15) is 10.2 Å². The SMILES string of the molecule is CCOc1cccc(CNC(CO)c2ccccc2)c1O. The molecule has 0 aromatic heterocycles. The molecule has 3 N–H and O–H groups in total. The number of aliphatic hydroxyl groups excluding tert-OH is 1. The van der Waals surface area contributed by atoms with Gasteiger partial charge in [-0.25, -0.2) is 0 Å². The quantitative estimate of drug-likeness (QED) is 0.732. The first-order valence-electron chi connectivity index (χ1n) is 7.09. The highest BCUT2D eigenvalue weighted by Gasteiger charge is 2.12. The van der Waals surface area contributed by atoms with E-state index in [0.29, 0.717) is 18.9 Å². The van der Waals surface area contributed by atoms with E-state index in [4.69, 9.17) is 4.74 Å². The molecule has 0 saturated heterocycles. The van der Waals surface area contributed by atoms with Crippen LogP contribution in [0.15, 0.2) is 48.5 Å². The lowest BCUT2D eigenvalue weighted by Gasteiger charge is -2.18. The molecule has 1 unspecified atom stereocenters. The third-order valence-corrected chi connectivity index (χ3v) is 3.31. The highest BCUT2D eigenvalue weighted by atomic mass is 16.5. The van der Waals surface area contributed by atoms with Crippen molar-refractivity contribution in [1.82, 2.24) is 5.32 Å². The average molecular weight is 287 g/mol.